The van der Waals surface area contributed by atoms with Gasteiger partial charge < -0.3 is 9.47 Å². The van der Waals surface area contributed by atoms with E-state index in [1.54, 1.807) is 0 Å². The molecule has 0 radical (unpaired) electrons. The fourth-order valence-electron chi connectivity index (χ4n) is 3.60. The van der Waals surface area contributed by atoms with Gasteiger partial charge in [0.05, 0.1) is 19.3 Å². The molecule has 3 fully saturated rings. The van der Waals surface area contributed by atoms with Gasteiger partial charge in [0, 0.05) is 5.57 Å². The third-order valence-corrected chi connectivity index (χ3v) is 4.57. The molecule has 0 aromatic carbocycles. The Morgan fingerprint density at radius 2 is 2.19 bits per heavy atom. The first-order valence-corrected chi connectivity index (χ1v) is 6.13. The SMILES string of the molecule is C=C(C(=O)OC)C1CCC2CC3OC3C2C1. The van der Waals surface area contributed by atoms with Gasteiger partial charge in [-0.1, -0.05) is 6.58 Å². The first-order valence-electron chi connectivity index (χ1n) is 6.13. The minimum absolute atomic E-state index is 0.241. The summed E-state index contributed by atoms with van der Waals surface area (Å²) in [6.07, 6.45) is 5.67. The van der Waals surface area contributed by atoms with Crippen molar-refractivity contribution in [2.24, 2.45) is 17.8 Å². The van der Waals surface area contributed by atoms with Gasteiger partial charge in [-0.2, -0.15) is 0 Å². The number of methoxy groups -OCH3 is 1. The summed E-state index contributed by atoms with van der Waals surface area (Å²) < 4.78 is 10.3. The molecule has 3 rings (SSSR count). The largest absolute Gasteiger partial charge is 0.466 e. The molecule has 5 unspecified atom stereocenters. The molecule has 3 aliphatic rings. The van der Waals surface area contributed by atoms with Crippen molar-refractivity contribution in [3.8, 4) is 0 Å². The topological polar surface area (TPSA) is 38.8 Å². The number of epoxide rings is 1. The van der Waals surface area contributed by atoms with E-state index in [1.807, 2.05) is 0 Å². The van der Waals surface area contributed by atoms with Crippen molar-refractivity contribution in [2.75, 3.05) is 7.11 Å². The summed E-state index contributed by atoms with van der Waals surface area (Å²) in [5.41, 5.74) is 0.657. The van der Waals surface area contributed by atoms with Crippen LogP contribution in [0.2, 0.25) is 0 Å². The summed E-state index contributed by atoms with van der Waals surface area (Å²) in [5.74, 6) is 1.59. The molecule has 0 aromatic rings. The molecule has 3 nitrogen and oxygen atoms in total. The van der Waals surface area contributed by atoms with E-state index in [-0.39, 0.29) is 5.97 Å². The second kappa shape index (κ2) is 3.59. The lowest BCUT2D eigenvalue weighted by atomic mass is 9.73. The maximum atomic E-state index is 11.4. The molecule has 0 amide bonds. The molecule has 3 heteroatoms. The lowest BCUT2D eigenvalue weighted by Gasteiger charge is -2.33. The molecule has 0 aromatic heterocycles. The zero-order chi connectivity index (χ0) is 11.3. The normalized spacial score (nSPS) is 44.4. The minimum atomic E-state index is -0.241. The van der Waals surface area contributed by atoms with Gasteiger partial charge in [-0.3, -0.25) is 0 Å². The van der Waals surface area contributed by atoms with Crippen LogP contribution in [-0.2, 0) is 14.3 Å². The maximum Gasteiger partial charge on any atom is 0.333 e. The summed E-state index contributed by atoms with van der Waals surface area (Å²) in [6.45, 7) is 3.89. The predicted molar refractivity (Wildman–Crippen MR) is 58.8 cm³/mol. The molecular formula is C13H18O3. The molecule has 88 valence electrons. The Morgan fingerprint density at radius 3 is 2.94 bits per heavy atom. The van der Waals surface area contributed by atoms with E-state index in [0.717, 1.165) is 18.8 Å². The highest BCUT2D eigenvalue weighted by Crippen LogP contribution is 2.54. The molecule has 1 aliphatic heterocycles. The summed E-state index contributed by atoms with van der Waals surface area (Å²) >= 11 is 0. The minimum Gasteiger partial charge on any atom is -0.466 e. The van der Waals surface area contributed by atoms with Gasteiger partial charge in [0.2, 0.25) is 0 Å². The van der Waals surface area contributed by atoms with Crippen LogP contribution >= 0.6 is 0 Å². The molecule has 1 heterocycles. The van der Waals surface area contributed by atoms with Gasteiger partial charge in [-0.15, -0.1) is 0 Å². The second-order valence-corrected chi connectivity index (χ2v) is 5.33. The standard InChI is InChI=1S/C13H18O3/c1-7(13(14)15-2)8-3-4-9-6-11-12(16-11)10(9)5-8/h8-12H,1,3-6H2,2H3. The van der Waals surface area contributed by atoms with Crippen LogP contribution in [0.5, 0.6) is 0 Å². The number of esters is 1. The number of hydrogen-bond donors (Lipinski definition) is 0. The van der Waals surface area contributed by atoms with Crippen molar-refractivity contribution in [3.05, 3.63) is 12.2 Å². The van der Waals surface area contributed by atoms with Gasteiger partial charge in [0.1, 0.15) is 0 Å². The van der Waals surface area contributed by atoms with Crippen LogP contribution < -0.4 is 0 Å². The first-order chi connectivity index (χ1) is 7.70. The molecule has 1 saturated heterocycles. The van der Waals surface area contributed by atoms with E-state index in [0.29, 0.717) is 29.6 Å². The average Bonchev–Trinajstić information content (AvgIpc) is 3.00. The van der Waals surface area contributed by atoms with Crippen LogP contribution in [0.15, 0.2) is 12.2 Å². The van der Waals surface area contributed by atoms with Crippen LogP contribution in [-0.4, -0.2) is 25.3 Å². The third kappa shape index (κ3) is 1.49. The van der Waals surface area contributed by atoms with Crippen molar-refractivity contribution in [2.45, 2.75) is 37.9 Å². The maximum absolute atomic E-state index is 11.4. The molecule has 2 aliphatic carbocycles. The number of hydrogen-bond acceptors (Lipinski definition) is 3. The van der Waals surface area contributed by atoms with Crippen LogP contribution in [0, 0.1) is 17.8 Å². The predicted octanol–water partition coefficient (Wildman–Crippen LogP) is 1.92. The van der Waals surface area contributed by atoms with Gasteiger partial charge in [0.15, 0.2) is 0 Å². The van der Waals surface area contributed by atoms with Crippen LogP contribution in [0.4, 0.5) is 0 Å². The van der Waals surface area contributed by atoms with E-state index >= 15 is 0 Å². The second-order valence-electron chi connectivity index (χ2n) is 5.33. The Labute approximate surface area is 95.8 Å². The zero-order valence-corrected chi connectivity index (χ0v) is 9.65. The van der Waals surface area contributed by atoms with Crippen LogP contribution in [0.3, 0.4) is 0 Å². The highest BCUT2D eigenvalue weighted by molar-refractivity contribution is 5.88. The number of rotatable bonds is 2. The lowest BCUT2D eigenvalue weighted by Crippen LogP contribution is -2.28. The number of carbonyl (C=O) groups is 1. The molecule has 5 atom stereocenters. The Morgan fingerprint density at radius 1 is 1.38 bits per heavy atom. The molecule has 16 heavy (non-hydrogen) atoms. The van der Waals surface area contributed by atoms with E-state index in [4.69, 9.17) is 9.47 Å². The molecule has 0 bridgehead atoms. The van der Waals surface area contributed by atoms with Crippen molar-refractivity contribution >= 4 is 5.97 Å². The van der Waals surface area contributed by atoms with E-state index < -0.39 is 0 Å². The average molecular weight is 222 g/mol. The Kier molecular flexibility index (Phi) is 2.32. The fraction of sp³-hybridized carbons (Fsp3) is 0.769. The number of fused-ring (bicyclic) bond motifs is 3. The number of carbonyl (C=O) groups excluding carboxylic acids is 1. The van der Waals surface area contributed by atoms with Crippen molar-refractivity contribution < 1.29 is 14.3 Å². The van der Waals surface area contributed by atoms with Gasteiger partial charge in [-0.05, 0) is 43.4 Å². The lowest BCUT2D eigenvalue weighted by molar-refractivity contribution is -0.137. The van der Waals surface area contributed by atoms with Crippen LogP contribution in [0.25, 0.3) is 0 Å². The fourth-order valence-corrected chi connectivity index (χ4v) is 3.60. The van der Waals surface area contributed by atoms with E-state index in [9.17, 15) is 4.79 Å². The summed E-state index contributed by atoms with van der Waals surface area (Å²) in [5, 5.41) is 0. The summed E-state index contributed by atoms with van der Waals surface area (Å²) in [7, 11) is 1.43. The van der Waals surface area contributed by atoms with Crippen LogP contribution in [0.1, 0.15) is 25.7 Å². The van der Waals surface area contributed by atoms with Gasteiger partial charge >= 0.3 is 5.97 Å². The van der Waals surface area contributed by atoms with Gasteiger partial charge in [0.25, 0.3) is 0 Å². The molecular weight excluding hydrogens is 204 g/mol. The monoisotopic (exact) mass is 222 g/mol. The van der Waals surface area contributed by atoms with E-state index in [2.05, 4.69) is 6.58 Å². The molecule has 2 saturated carbocycles. The van der Waals surface area contributed by atoms with Crippen molar-refractivity contribution in [3.63, 3.8) is 0 Å². The van der Waals surface area contributed by atoms with E-state index in [1.165, 1.54) is 20.0 Å². The highest BCUT2D eigenvalue weighted by Gasteiger charge is 2.56. The highest BCUT2D eigenvalue weighted by atomic mass is 16.6. The van der Waals surface area contributed by atoms with Crippen molar-refractivity contribution in [1.82, 2.24) is 0 Å². The Balaban J connectivity index is 1.66. The summed E-state index contributed by atoms with van der Waals surface area (Å²) in [6, 6.07) is 0. The summed E-state index contributed by atoms with van der Waals surface area (Å²) in [4.78, 5) is 11.4. The quantitative estimate of drug-likeness (QED) is 0.407. The smallest absolute Gasteiger partial charge is 0.333 e. The third-order valence-electron chi connectivity index (χ3n) is 4.57. The molecule has 0 spiro atoms. The first kappa shape index (κ1) is 10.3. The molecule has 0 N–H and O–H groups in total. The number of ether oxygens (including phenoxy) is 2. The Bertz CT molecular complexity index is 336. The van der Waals surface area contributed by atoms with Crippen molar-refractivity contribution in [1.29, 1.82) is 0 Å². The Hall–Kier alpha value is -0.830. The zero-order valence-electron chi connectivity index (χ0n) is 9.65. The van der Waals surface area contributed by atoms with Gasteiger partial charge in [-0.25, -0.2) is 4.79 Å².